The molecule has 1 aliphatic rings. The Labute approximate surface area is 133 Å². The predicted molar refractivity (Wildman–Crippen MR) is 93.3 cm³/mol. The van der Waals surface area contributed by atoms with Gasteiger partial charge in [0.05, 0.1) is 11.7 Å². The number of likely N-dealkylation sites (tertiary alicyclic amines) is 1. The molecule has 1 aliphatic heterocycles. The van der Waals surface area contributed by atoms with Crippen molar-refractivity contribution in [2.45, 2.75) is 45.6 Å². The van der Waals surface area contributed by atoms with Crippen LogP contribution in [0.15, 0.2) is 24.4 Å². The van der Waals surface area contributed by atoms with E-state index in [1.54, 1.807) is 0 Å². The fourth-order valence-electron chi connectivity index (χ4n) is 3.29. The van der Waals surface area contributed by atoms with Gasteiger partial charge in [0.25, 0.3) is 0 Å². The molecule has 4 heteroatoms. The van der Waals surface area contributed by atoms with Crippen LogP contribution in [0.3, 0.4) is 0 Å². The van der Waals surface area contributed by atoms with E-state index in [4.69, 9.17) is 0 Å². The zero-order valence-electron chi connectivity index (χ0n) is 13.8. The lowest BCUT2D eigenvalue weighted by molar-refractivity contribution is 0.212. The minimum absolute atomic E-state index is 0.602. The van der Waals surface area contributed by atoms with Crippen LogP contribution in [0.4, 0.5) is 5.69 Å². The summed E-state index contributed by atoms with van der Waals surface area (Å²) in [6.45, 7) is 8.35. The minimum Gasteiger partial charge on any atom is -0.382 e. The molecule has 1 fully saturated rings. The summed E-state index contributed by atoms with van der Waals surface area (Å²) >= 11 is 0. The van der Waals surface area contributed by atoms with Gasteiger partial charge >= 0.3 is 0 Å². The van der Waals surface area contributed by atoms with E-state index in [0.29, 0.717) is 6.04 Å². The zero-order valence-corrected chi connectivity index (χ0v) is 13.8. The average Bonchev–Trinajstić information content (AvgIpc) is 2.96. The summed E-state index contributed by atoms with van der Waals surface area (Å²) in [7, 11) is 0. The van der Waals surface area contributed by atoms with Gasteiger partial charge in [0, 0.05) is 30.2 Å². The minimum atomic E-state index is 0.602. The molecule has 0 amide bonds. The molecule has 1 aromatic carbocycles. The third kappa shape index (κ3) is 4.01. The molecule has 120 valence electrons. The molecule has 0 aliphatic carbocycles. The highest BCUT2D eigenvalue weighted by molar-refractivity contribution is 5.81. The highest BCUT2D eigenvalue weighted by atomic mass is 15.1. The van der Waals surface area contributed by atoms with Gasteiger partial charge in [-0.2, -0.15) is 5.10 Å². The molecular weight excluding hydrogens is 272 g/mol. The van der Waals surface area contributed by atoms with Crippen LogP contribution < -0.4 is 5.32 Å². The van der Waals surface area contributed by atoms with Gasteiger partial charge in [-0.15, -0.1) is 0 Å². The van der Waals surface area contributed by atoms with Gasteiger partial charge in [-0.05, 0) is 56.3 Å². The predicted octanol–water partition coefficient (Wildman–Crippen LogP) is 3.88. The van der Waals surface area contributed by atoms with Crippen molar-refractivity contribution in [2.75, 3.05) is 25.0 Å². The van der Waals surface area contributed by atoms with E-state index >= 15 is 0 Å². The van der Waals surface area contributed by atoms with Crippen molar-refractivity contribution < 1.29 is 0 Å². The van der Waals surface area contributed by atoms with E-state index < -0.39 is 0 Å². The second-order valence-corrected chi connectivity index (χ2v) is 6.97. The summed E-state index contributed by atoms with van der Waals surface area (Å²) in [4.78, 5) is 2.62. The maximum atomic E-state index is 4.08. The first-order valence-corrected chi connectivity index (χ1v) is 8.63. The van der Waals surface area contributed by atoms with Crippen molar-refractivity contribution in [2.24, 2.45) is 5.92 Å². The highest BCUT2D eigenvalue weighted by Gasteiger charge is 2.18. The number of anilines is 1. The fourth-order valence-corrected chi connectivity index (χ4v) is 3.29. The molecule has 0 saturated carbocycles. The van der Waals surface area contributed by atoms with Gasteiger partial charge in [-0.25, -0.2) is 0 Å². The Hall–Kier alpha value is -1.55. The molecule has 2 N–H and O–H groups in total. The molecule has 0 bridgehead atoms. The summed E-state index contributed by atoms with van der Waals surface area (Å²) in [5.41, 5.74) is 2.32. The number of hydrogen-bond donors (Lipinski definition) is 2. The molecule has 0 radical (unpaired) electrons. The molecule has 4 nitrogen and oxygen atoms in total. The monoisotopic (exact) mass is 300 g/mol. The largest absolute Gasteiger partial charge is 0.382 e. The van der Waals surface area contributed by atoms with Crippen molar-refractivity contribution in [3.63, 3.8) is 0 Å². The fraction of sp³-hybridized carbons (Fsp3) is 0.611. The molecule has 1 saturated heterocycles. The summed E-state index contributed by atoms with van der Waals surface area (Å²) in [5, 5.41) is 11.9. The summed E-state index contributed by atoms with van der Waals surface area (Å²) in [6, 6.07) is 7.04. The van der Waals surface area contributed by atoms with Gasteiger partial charge in [0.2, 0.25) is 0 Å². The first-order chi connectivity index (χ1) is 10.7. The molecule has 0 atom stereocenters. The maximum absolute atomic E-state index is 4.08. The first kappa shape index (κ1) is 15.3. The Morgan fingerprint density at radius 3 is 2.91 bits per heavy atom. The lowest BCUT2D eigenvalue weighted by atomic mass is 10.0. The van der Waals surface area contributed by atoms with E-state index in [1.807, 2.05) is 6.20 Å². The van der Waals surface area contributed by atoms with Crippen LogP contribution in [-0.2, 0) is 0 Å². The Balaban J connectivity index is 1.45. The number of fused-ring (bicyclic) bond motifs is 1. The third-order valence-electron chi connectivity index (χ3n) is 4.65. The number of piperidine rings is 1. The molecular formula is C18H28N4. The van der Waals surface area contributed by atoms with Crippen molar-refractivity contribution >= 4 is 16.6 Å². The Kier molecular flexibility index (Phi) is 4.98. The lowest BCUT2D eigenvalue weighted by Gasteiger charge is -2.33. The van der Waals surface area contributed by atoms with Gasteiger partial charge < -0.3 is 10.2 Å². The Morgan fingerprint density at radius 2 is 2.14 bits per heavy atom. The van der Waals surface area contributed by atoms with Crippen molar-refractivity contribution in [3.05, 3.63) is 24.4 Å². The number of aromatic nitrogens is 2. The van der Waals surface area contributed by atoms with Gasteiger partial charge in [0.15, 0.2) is 0 Å². The second-order valence-electron chi connectivity index (χ2n) is 6.97. The topological polar surface area (TPSA) is 44.0 Å². The van der Waals surface area contributed by atoms with E-state index in [9.17, 15) is 0 Å². The molecule has 3 rings (SSSR count). The van der Waals surface area contributed by atoms with Crippen LogP contribution in [-0.4, -0.2) is 40.8 Å². The first-order valence-electron chi connectivity index (χ1n) is 8.63. The number of aromatic amines is 1. The van der Waals surface area contributed by atoms with E-state index in [1.165, 1.54) is 56.4 Å². The molecule has 22 heavy (non-hydrogen) atoms. The standard InChI is InChI=1S/C18H28N4/c1-14(2)4-3-9-22-10-7-16(8-11-22)20-17-5-6-18-15(12-17)13-19-21-18/h5-6,12-14,16,20H,3-4,7-11H2,1-2H3,(H,19,21). The quantitative estimate of drug-likeness (QED) is 0.851. The van der Waals surface area contributed by atoms with Crippen LogP contribution in [0.2, 0.25) is 0 Å². The molecule has 0 unspecified atom stereocenters. The smallest absolute Gasteiger partial charge is 0.0651 e. The van der Waals surface area contributed by atoms with Crippen LogP contribution in [0.25, 0.3) is 10.9 Å². The summed E-state index contributed by atoms with van der Waals surface area (Å²) < 4.78 is 0. The zero-order chi connectivity index (χ0) is 15.4. The third-order valence-corrected chi connectivity index (χ3v) is 4.65. The highest BCUT2D eigenvalue weighted by Crippen LogP contribution is 2.21. The van der Waals surface area contributed by atoms with E-state index in [-0.39, 0.29) is 0 Å². The van der Waals surface area contributed by atoms with Crippen LogP contribution >= 0.6 is 0 Å². The number of nitrogens with one attached hydrogen (secondary N) is 2. The summed E-state index contributed by atoms with van der Waals surface area (Å²) in [6.07, 6.45) is 7.06. The van der Waals surface area contributed by atoms with Gasteiger partial charge in [0.1, 0.15) is 0 Å². The van der Waals surface area contributed by atoms with E-state index in [0.717, 1.165) is 11.4 Å². The van der Waals surface area contributed by atoms with Crippen LogP contribution in [0.5, 0.6) is 0 Å². The van der Waals surface area contributed by atoms with Gasteiger partial charge in [-0.1, -0.05) is 13.8 Å². The maximum Gasteiger partial charge on any atom is 0.0651 e. The van der Waals surface area contributed by atoms with Crippen LogP contribution in [0, 0.1) is 5.92 Å². The molecule has 2 aromatic rings. The lowest BCUT2D eigenvalue weighted by Crippen LogP contribution is -2.39. The number of hydrogen-bond acceptors (Lipinski definition) is 3. The number of nitrogens with zero attached hydrogens (tertiary/aromatic N) is 2. The molecule has 1 aromatic heterocycles. The summed E-state index contributed by atoms with van der Waals surface area (Å²) in [5.74, 6) is 0.831. The Morgan fingerprint density at radius 1 is 1.32 bits per heavy atom. The number of rotatable bonds is 6. The molecule has 0 spiro atoms. The average molecular weight is 300 g/mol. The van der Waals surface area contributed by atoms with Crippen molar-refractivity contribution in [1.29, 1.82) is 0 Å². The number of H-pyrrole nitrogens is 1. The SMILES string of the molecule is CC(C)CCCN1CCC(Nc2ccc3[nH]ncc3c2)CC1. The Bertz CT molecular complexity index is 582. The van der Waals surface area contributed by atoms with Crippen LogP contribution in [0.1, 0.15) is 39.5 Å². The molecule has 2 heterocycles. The normalized spacial score (nSPS) is 17.4. The van der Waals surface area contributed by atoms with Crippen molar-refractivity contribution in [1.82, 2.24) is 15.1 Å². The number of benzene rings is 1. The van der Waals surface area contributed by atoms with Gasteiger partial charge in [-0.3, -0.25) is 5.10 Å². The van der Waals surface area contributed by atoms with Crippen molar-refractivity contribution in [3.8, 4) is 0 Å². The van der Waals surface area contributed by atoms with E-state index in [2.05, 4.69) is 52.5 Å². The second kappa shape index (κ2) is 7.14.